The first kappa shape index (κ1) is 20.9. The second-order valence-corrected chi connectivity index (χ2v) is 8.03. The molecule has 1 aliphatic carbocycles. The minimum Gasteiger partial charge on any atom is -0.482 e. The molecule has 0 amide bonds. The van der Waals surface area contributed by atoms with E-state index in [0.717, 1.165) is 35.4 Å². The van der Waals surface area contributed by atoms with Gasteiger partial charge in [0.25, 0.3) is 0 Å². The highest BCUT2D eigenvalue weighted by molar-refractivity contribution is 5.99. The first-order valence-corrected chi connectivity index (χ1v) is 10.6. The Kier molecular flexibility index (Phi) is 6.21. The average Bonchev–Trinajstić information content (AvgIpc) is 3.56. The van der Waals surface area contributed by atoms with E-state index in [1.165, 1.54) is 0 Å². The summed E-state index contributed by atoms with van der Waals surface area (Å²) in [6.07, 6.45) is 3.02. The summed E-state index contributed by atoms with van der Waals surface area (Å²) >= 11 is 0. The number of hydrogen-bond acceptors (Lipinski definition) is 4. The smallest absolute Gasteiger partial charge is 0.344 e. The minimum atomic E-state index is -0.557. The molecule has 5 heteroatoms. The minimum absolute atomic E-state index is 0.183. The highest BCUT2D eigenvalue weighted by atomic mass is 16.6. The molecule has 160 valence electrons. The first-order valence-electron chi connectivity index (χ1n) is 10.6. The van der Waals surface area contributed by atoms with Crippen molar-refractivity contribution in [2.75, 3.05) is 13.2 Å². The van der Waals surface area contributed by atoms with Crippen LogP contribution in [0, 0.1) is 13.8 Å². The Balaban J connectivity index is 1.31. The molecular weight excluding hydrogens is 390 g/mol. The van der Waals surface area contributed by atoms with E-state index in [0.29, 0.717) is 23.8 Å². The summed E-state index contributed by atoms with van der Waals surface area (Å²) in [5.41, 5.74) is 4.81. The van der Waals surface area contributed by atoms with Gasteiger partial charge in [-0.05, 0) is 49.9 Å². The Labute approximate surface area is 182 Å². The van der Waals surface area contributed by atoms with Gasteiger partial charge in [0, 0.05) is 29.4 Å². The van der Waals surface area contributed by atoms with Crippen molar-refractivity contribution in [1.82, 2.24) is 4.57 Å². The second-order valence-electron chi connectivity index (χ2n) is 8.03. The number of carbonyl (C=O) groups is 2. The molecular formula is C26H27NO4. The Hall–Kier alpha value is -3.34. The molecule has 5 nitrogen and oxygen atoms in total. The Morgan fingerprint density at radius 2 is 1.68 bits per heavy atom. The lowest BCUT2D eigenvalue weighted by molar-refractivity contribution is -0.144. The average molecular weight is 418 g/mol. The van der Waals surface area contributed by atoms with Crippen LogP contribution in [0.3, 0.4) is 0 Å². The van der Waals surface area contributed by atoms with Crippen molar-refractivity contribution in [3.05, 3.63) is 88.7 Å². The van der Waals surface area contributed by atoms with E-state index in [4.69, 9.17) is 9.47 Å². The molecule has 0 unspecified atom stereocenters. The number of benzene rings is 2. The third-order valence-corrected chi connectivity index (χ3v) is 5.62. The monoisotopic (exact) mass is 417 g/mol. The molecule has 1 heterocycles. The summed E-state index contributed by atoms with van der Waals surface area (Å²) in [5.74, 6) is -0.0979. The molecule has 4 rings (SSSR count). The van der Waals surface area contributed by atoms with Crippen LogP contribution >= 0.6 is 0 Å². The molecule has 2 aromatic carbocycles. The molecule has 0 aliphatic heterocycles. The molecule has 3 aromatic rings. The number of para-hydroxylation sites is 1. The van der Waals surface area contributed by atoms with Crippen molar-refractivity contribution in [3.8, 4) is 5.75 Å². The van der Waals surface area contributed by atoms with Gasteiger partial charge in [0.1, 0.15) is 5.75 Å². The zero-order valence-electron chi connectivity index (χ0n) is 18.0. The van der Waals surface area contributed by atoms with E-state index in [2.05, 4.69) is 16.7 Å². The number of hydrogen-bond donors (Lipinski definition) is 0. The number of nitrogens with zero attached hydrogens (tertiary/aromatic N) is 1. The Morgan fingerprint density at radius 1 is 0.968 bits per heavy atom. The van der Waals surface area contributed by atoms with E-state index in [1.54, 1.807) is 0 Å². The van der Waals surface area contributed by atoms with Crippen LogP contribution in [-0.2, 0) is 16.0 Å². The van der Waals surface area contributed by atoms with Crippen LogP contribution in [0.2, 0.25) is 0 Å². The van der Waals surface area contributed by atoms with Crippen LogP contribution in [-0.4, -0.2) is 29.5 Å². The predicted octanol–water partition coefficient (Wildman–Crippen LogP) is 4.84. The van der Waals surface area contributed by atoms with Gasteiger partial charge >= 0.3 is 5.97 Å². The normalized spacial score (nSPS) is 13.1. The topological polar surface area (TPSA) is 57.5 Å². The molecule has 0 bridgehead atoms. The largest absolute Gasteiger partial charge is 0.482 e. The van der Waals surface area contributed by atoms with Gasteiger partial charge in [0.05, 0.1) is 0 Å². The lowest BCUT2D eigenvalue weighted by Crippen LogP contribution is -2.20. The number of aromatic nitrogens is 1. The molecule has 1 aliphatic rings. The highest BCUT2D eigenvalue weighted by Crippen LogP contribution is 2.38. The molecule has 0 N–H and O–H groups in total. The van der Waals surface area contributed by atoms with E-state index in [9.17, 15) is 9.59 Å². The number of ketones is 1. The van der Waals surface area contributed by atoms with Gasteiger partial charge in [0.15, 0.2) is 13.2 Å². The summed E-state index contributed by atoms with van der Waals surface area (Å²) in [7, 11) is 0. The standard InChI is InChI=1S/C26H27NO4/c1-18-14-23(19(2)27(18)22-12-13-22)24(28)16-31-26(29)17-30-25-11-7-6-10-21(25)15-20-8-4-3-5-9-20/h3-11,14,22H,12-13,15-17H2,1-2H3. The van der Waals surface area contributed by atoms with Crippen LogP contribution in [0.1, 0.15) is 51.8 Å². The number of rotatable bonds is 9. The van der Waals surface area contributed by atoms with E-state index >= 15 is 0 Å². The maximum absolute atomic E-state index is 12.6. The fourth-order valence-electron chi connectivity index (χ4n) is 3.96. The van der Waals surface area contributed by atoms with Gasteiger partial charge < -0.3 is 14.0 Å². The van der Waals surface area contributed by atoms with Crippen LogP contribution in [0.15, 0.2) is 60.7 Å². The molecule has 31 heavy (non-hydrogen) atoms. The first-order chi connectivity index (χ1) is 15.0. The molecule has 0 atom stereocenters. The summed E-state index contributed by atoms with van der Waals surface area (Å²) in [5, 5.41) is 0. The third kappa shape index (κ3) is 5.05. The van der Waals surface area contributed by atoms with Gasteiger partial charge in [-0.25, -0.2) is 4.79 Å². The zero-order chi connectivity index (χ0) is 21.8. The Bertz CT molecular complexity index is 1080. The lowest BCUT2D eigenvalue weighted by Gasteiger charge is -2.11. The van der Waals surface area contributed by atoms with E-state index < -0.39 is 5.97 Å². The Morgan fingerprint density at radius 3 is 2.42 bits per heavy atom. The maximum Gasteiger partial charge on any atom is 0.344 e. The van der Waals surface area contributed by atoms with Gasteiger partial charge in [0.2, 0.25) is 5.78 Å². The number of Topliss-reactive ketones (excluding diaryl/α,β-unsaturated/α-hetero) is 1. The van der Waals surface area contributed by atoms with Crippen molar-refractivity contribution in [2.45, 2.75) is 39.2 Å². The van der Waals surface area contributed by atoms with Gasteiger partial charge in [-0.3, -0.25) is 4.79 Å². The molecule has 1 fully saturated rings. The predicted molar refractivity (Wildman–Crippen MR) is 119 cm³/mol. The van der Waals surface area contributed by atoms with Crippen LogP contribution < -0.4 is 4.74 Å². The fourth-order valence-corrected chi connectivity index (χ4v) is 3.96. The van der Waals surface area contributed by atoms with Crippen molar-refractivity contribution < 1.29 is 19.1 Å². The number of aryl methyl sites for hydroxylation is 1. The number of esters is 1. The van der Waals surface area contributed by atoms with Crippen molar-refractivity contribution in [1.29, 1.82) is 0 Å². The summed E-state index contributed by atoms with van der Waals surface area (Å²) in [4.78, 5) is 24.8. The van der Waals surface area contributed by atoms with E-state index in [1.807, 2.05) is 62.4 Å². The lowest BCUT2D eigenvalue weighted by atomic mass is 10.0. The second kappa shape index (κ2) is 9.21. The molecule has 0 radical (unpaired) electrons. The summed E-state index contributed by atoms with van der Waals surface area (Å²) < 4.78 is 13.1. The summed E-state index contributed by atoms with van der Waals surface area (Å²) in [6, 6.07) is 20.1. The molecule has 0 saturated heterocycles. The molecule has 1 aromatic heterocycles. The van der Waals surface area contributed by atoms with Crippen LogP contribution in [0.25, 0.3) is 0 Å². The van der Waals surface area contributed by atoms with Crippen LogP contribution in [0.5, 0.6) is 5.75 Å². The quantitative estimate of drug-likeness (QED) is 0.369. The molecule has 0 spiro atoms. The fraction of sp³-hybridized carbons (Fsp3) is 0.308. The van der Waals surface area contributed by atoms with Crippen molar-refractivity contribution in [2.24, 2.45) is 0 Å². The maximum atomic E-state index is 12.6. The van der Waals surface area contributed by atoms with Crippen LogP contribution in [0.4, 0.5) is 0 Å². The van der Waals surface area contributed by atoms with Gasteiger partial charge in [-0.15, -0.1) is 0 Å². The zero-order valence-corrected chi connectivity index (χ0v) is 18.0. The van der Waals surface area contributed by atoms with Gasteiger partial charge in [-0.2, -0.15) is 0 Å². The third-order valence-electron chi connectivity index (χ3n) is 5.62. The van der Waals surface area contributed by atoms with Gasteiger partial charge in [-0.1, -0.05) is 48.5 Å². The SMILES string of the molecule is Cc1cc(C(=O)COC(=O)COc2ccccc2Cc2ccccc2)c(C)n1C1CC1. The van der Waals surface area contributed by atoms with Crippen molar-refractivity contribution >= 4 is 11.8 Å². The van der Waals surface area contributed by atoms with E-state index in [-0.39, 0.29) is 19.0 Å². The number of ether oxygens (including phenoxy) is 2. The molecule has 1 saturated carbocycles. The highest BCUT2D eigenvalue weighted by Gasteiger charge is 2.28. The summed E-state index contributed by atoms with van der Waals surface area (Å²) in [6.45, 7) is 3.45. The van der Waals surface area contributed by atoms with Crippen molar-refractivity contribution in [3.63, 3.8) is 0 Å². The number of carbonyl (C=O) groups excluding carboxylic acids is 2.